The van der Waals surface area contributed by atoms with Crippen molar-refractivity contribution in [3.05, 3.63) is 46.7 Å². The maximum atomic E-state index is 11.8. The standard InChI is InChI=1S/C16H16N2OS2/c1-18(2)16(19)21-15-10-4-3-9-14(15)17-11-5-7-13-8-6-12-20-13/h3-4,6,8-10,12,17H,11H2,1-2H3. The Labute approximate surface area is 133 Å². The molecule has 2 rings (SSSR count). The van der Waals surface area contributed by atoms with E-state index in [2.05, 4.69) is 17.2 Å². The fraction of sp³-hybridized carbons (Fsp3) is 0.188. The van der Waals surface area contributed by atoms with Gasteiger partial charge in [-0.05, 0) is 35.3 Å². The summed E-state index contributed by atoms with van der Waals surface area (Å²) in [4.78, 5) is 15.3. The first kappa shape index (κ1) is 15.5. The number of hydrogen-bond acceptors (Lipinski definition) is 4. The van der Waals surface area contributed by atoms with Crippen molar-refractivity contribution in [1.82, 2.24) is 4.90 Å². The topological polar surface area (TPSA) is 32.3 Å². The average molecular weight is 316 g/mol. The fourth-order valence-electron chi connectivity index (χ4n) is 1.51. The van der Waals surface area contributed by atoms with Crippen molar-refractivity contribution in [3.63, 3.8) is 0 Å². The summed E-state index contributed by atoms with van der Waals surface area (Å²) in [6, 6.07) is 11.7. The Morgan fingerprint density at radius 2 is 2.10 bits per heavy atom. The summed E-state index contributed by atoms with van der Waals surface area (Å²) in [5.41, 5.74) is 0.929. The predicted molar refractivity (Wildman–Crippen MR) is 91.1 cm³/mol. The van der Waals surface area contributed by atoms with Crippen LogP contribution >= 0.6 is 23.1 Å². The summed E-state index contributed by atoms with van der Waals surface area (Å²) in [6.07, 6.45) is 0. The Balaban J connectivity index is 1.98. The van der Waals surface area contributed by atoms with Crippen LogP contribution in [0.2, 0.25) is 0 Å². The van der Waals surface area contributed by atoms with E-state index in [1.807, 2.05) is 41.8 Å². The summed E-state index contributed by atoms with van der Waals surface area (Å²) >= 11 is 2.84. The molecule has 1 aromatic carbocycles. The van der Waals surface area contributed by atoms with Gasteiger partial charge in [0.1, 0.15) is 0 Å². The second-order valence-corrected chi connectivity index (χ2v) is 6.33. The van der Waals surface area contributed by atoms with Gasteiger partial charge < -0.3 is 10.2 Å². The maximum absolute atomic E-state index is 11.8. The summed E-state index contributed by atoms with van der Waals surface area (Å²) in [6.45, 7) is 0.547. The fourth-order valence-corrected chi connectivity index (χ4v) is 2.87. The minimum atomic E-state index is 0.00826. The van der Waals surface area contributed by atoms with Crippen molar-refractivity contribution in [1.29, 1.82) is 0 Å². The number of carbonyl (C=O) groups excluding carboxylic acids is 1. The van der Waals surface area contributed by atoms with Crippen molar-refractivity contribution in [3.8, 4) is 11.8 Å². The molecule has 0 aliphatic heterocycles. The molecule has 0 spiro atoms. The average Bonchev–Trinajstić information content (AvgIpc) is 2.98. The molecule has 0 aliphatic rings. The highest BCUT2D eigenvalue weighted by molar-refractivity contribution is 8.13. The summed E-state index contributed by atoms with van der Waals surface area (Å²) in [5, 5.41) is 5.28. The number of carbonyl (C=O) groups is 1. The molecule has 0 saturated carbocycles. The van der Waals surface area contributed by atoms with Crippen LogP contribution in [0.1, 0.15) is 4.88 Å². The number of thiophene rings is 1. The third-order valence-corrected chi connectivity index (χ3v) is 4.45. The predicted octanol–water partition coefficient (Wildman–Crippen LogP) is 3.99. The Morgan fingerprint density at radius 3 is 2.81 bits per heavy atom. The number of hydrogen-bond donors (Lipinski definition) is 1. The number of amides is 1. The third kappa shape index (κ3) is 4.85. The molecule has 0 fully saturated rings. The second kappa shape index (κ2) is 7.77. The van der Waals surface area contributed by atoms with Gasteiger partial charge in [0, 0.05) is 24.7 Å². The number of anilines is 1. The van der Waals surface area contributed by atoms with Gasteiger partial charge in [-0.15, -0.1) is 11.3 Å². The Hall–Kier alpha value is -1.90. The molecule has 2 aromatic rings. The van der Waals surface area contributed by atoms with E-state index in [9.17, 15) is 4.79 Å². The first-order valence-electron chi connectivity index (χ1n) is 6.41. The number of thioether (sulfide) groups is 1. The van der Waals surface area contributed by atoms with Crippen LogP contribution in [-0.4, -0.2) is 30.8 Å². The molecular formula is C16H16N2OS2. The van der Waals surface area contributed by atoms with E-state index >= 15 is 0 Å². The molecule has 1 aromatic heterocycles. The quantitative estimate of drug-likeness (QED) is 0.686. The lowest BCUT2D eigenvalue weighted by Gasteiger charge is -2.12. The molecule has 5 heteroatoms. The second-order valence-electron chi connectivity index (χ2n) is 4.39. The van der Waals surface area contributed by atoms with E-state index in [1.165, 1.54) is 11.8 Å². The summed E-state index contributed by atoms with van der Waals surface area (Å²) in [5.74, 6) is 6.18. The Morgan fingerprint density at radius 1 is 1.29 bits per heavy atom. The van der Waals surface area contributed by atoms with E-state index in [0.717, 1.165) is 15.5 Å². The van der Waals surface area contributed by atoms with Gasteiger partial charge >= 0.3 is 0 Å². The van der Waals surface area contributed by atoms with E-state index in [0.29, 0.717) is 6.54 Å². The molecule has 1 amide bonds. The first-order valence-corrected chi connectivity index (χ1v) is 8.11. The first-order chi connectivity index (χ1) is 10.2. The molecule has 21 heavy (non-hydrogen) atoms. The molecule has 0 saturated heterocycles. The number of nitrogens with zero attached hydrogens (tertiary/aromatic N) is 1. The van der Waals surface area contributed by atoms with Crippen LogP contribution in [-0.2, 0) is 0 Å². The summed E-state index contributed by atoms with van der Waals surface area (Å²) in [7, 11) is 3.50. The van der Waals surface area contributed by atoms with Crippen molar-refractivity contribution >= 4 is 34.0 Å². The van der Waals surface area contributed by atoms with Gasteiger partial charge in [0.05, 0.1) is 11.4 Å². The number of benzene rings is 1. The van der Waals surface area contributed by atoms with Gasteiger partial charge in [-0.1, -0.05) is 30.0 Å². The van der Waals surface area contributed by atoms with E-state index < -0.39 is 0 Å². The van der Waals surface area contributed by atoms with Gasteiger partial charge in [0.15, 0.2) is 0 Å². The van der Waals surface area contributed by atoms with Crippen molar-refractivity contribution in [2.75, 3.05) is 26.0 Å². The molecule has 0 unspecified atom stereocenters. The van der Waals surface area contributed by atoms with Crippen molar-refractivity contribution in [2.24, 2.45) is 0 Å². The highest BCUT2D eigenvalue weighted by Crippen LogP contribution is 2.28. The van der Waals surface area contributed by atoms with Gasteiger partial charge in [-0.25, -0.2) is 0 Å². The SMILES string of the molecule is CN(C)C(=O)Sc1ccccc1NCC#Cc1cccs1. The minimum absolute atomic E-state index is 0.00826. The molecule has 108 valence electrons. The molecule has 0 radical (unpaired) electrons. The summed E-state index contributed by atoms with van der Waals surface area (Å²) < 4.78 is 0. The van der Waals surface area contributed by atoms with E-state index in [4.69, 9.17) is 0 Å². The van der Waals surface area contributed by atoms with Gasteiger partial charge in [0.2, 0.25) is 0 Å². The molecular weight excluding hydrogens is 300 g/mol. The Kier molecular flexibility index (Phi) is 5.73. The monoisotopic (exact) mass is 316 g/mol. The number of rotatable bonds is 3. The van der Waals surface area contributed by atoms with Crippen LogP contribution in [0.3, 0.4) is 0 Å². The zero-order valence-electron chi connectivity index (χ0n) is 11.9. The molecule has 0 bridgehead atoms. The zero-order valence-corrected chi connectivity index (χ0v) is 13.6. The molecule has 0 aliphatic carbocycles. The van der Waals surface area contributed by atoms with E-state index in [-0.39, 0.29) is 5.24 Å². The van der Waals surface area contributed by atoms with Gasteiger partial charge in [0.25, 0.3) is 5.24 Å². The van der Waals surface area contributed by atoms with Crippen molar-refractivity contribution in [2.45, 2.75) is 4.90 Å². The molecule has 3 nitrogen and oxygen atoms in total. The van der Waals surface area contributed by atoms with E-state index in [1.54, 1.807) is 30.3 Å². The lowest BCUT2D eigenvalue weighted by Crippen LogP contribution is -2.16. The Bertz CT molecular complexity index is 654. The van der Waals surface area contributed by atoms with Crippen LogP contribution in [0.4, 0.5) is 10.5 Å². The van der Waals surface area contributed by atoms with Crippen LogP contribution in [0.15, 0.2) is 46.7 Å². The largest absolute Gasteiger partial charge is 0.373 e. The molecule has 0 atom stereocenters. The molecule has 1 N–H and O–H groups in total. The molecule has 1 heterocycles. The van der Waals surface area contributed by atoms with Gasteiger partial charge in [-0.2, -0.15) is 0 Å². The van der Waals surface area contributed by atoms with Crippen LogP contribution in [0, 0.1) is 11.8 Å². The lowest BCUT2D eigenvalue weighted by atomic mass is 10.3. The number of nitrogens with one attached hydrogen (secondary N) is 1. The van der Waals surface area contributed by atoms with Gasteiger partial charge in [-0.3, -0.25) is 4.79 Å². The lowest BCUT2D eigenvalue weighted by molar-refractivity contribution is 0.241. The van der Waals surface area contributed by atoms with Crippen LogP contribution < -0.4 is 5.32 Å². The normalized spacial score (nSPS) is 9.62. The van der Waals surface area contributed by atoms with Crippen LogP contribution in [0.25, 0.3) is 0 Å². The van der Waals surface area contributed by atoms with Crippen molar-refractivity contribution < 1.29 is 4.79 Å². The minimum Gasteiger partial charge on any atom is -0.373 e. The zero-order chi connectivity index (χ0) is 15.1. The highest BCUT2D eigenvalue weighted by Gasteiger charge is 2.09. The maximum Gasteiger partial charge on any atom is 0.286 e. The number of para-hydroxylation sites is 1. The third-order valence-electron chi connectivity index (χ3n) is 2.55. The highest BCUT2D eigenvalue weighted by atomic mass is 32.2. The van der Waals surface area contributed by atoms with Crippen LogP contribution in [0.5, 0.6) is 0 Å². The smallest absolute Gasteiger partial charge is 0.286 e.